The van der Waals surface area contributed by atoms with Crippen LogP contribution < -0.4 is 0 Å². The molecule has 3 atom stereocenters. The number of carbonyl (C=O) groups is 2. The van der Waals surface area contributed by atoms with Crippen LogP contribution in [0.15, 0.2) is 0 Å². The monoisotopic (exact) mass is 240 g/mol. The van der Waals surface area contributed by atoms with Gasteiger partial charge in [0.1, 0.15) is 18.3 Å². The number of carbonyl (C=O) groups excluding carboxylic acids is 2. The van der Waals surface area contributed by atoms with Crippen molar-refractivity contribution in [2.75, 3.05) is 0 Å². The molecule has 0 radical (unpaired) electrons. The second kappa shape index (κ2) is 6.18. The topological polar surface area (TPSA) is 43.4 Å². The zero-order chi connectivity index (χ0) is 13.0. The second-order valence-electron chi connectivity index (χ2n) is 5.73. The van der Waals surface area contributed by atoms with Crippen LogP contribution >= 0.6 is 0 Å². The summed E-state index contributed by atoms with van der Waals surface area (Å²) in [5.74, 6) is 1.10. The van der Waals surface area contributed by atoms with E-state index in [1.807, 2.05) is 0 Å². The molecule has 0 saturated heterocycles. The van der Waals surface area contributed by atoms with Gasteiger partial charge in [-0.25, -0.2) is 0 Å². The van der Waals surface area contributed by atoms with Crippen molar-refractivity contribution in [1.29, 1.82) is 0 Å². The Hall–Kier alpha value is -0.860. The Labute approximate surface area is 104 Å². The molecular formula is C14H24O3. The van der Waals surface area contributed by atoms with Crippen LogP contribution in [0.1, 0.15) is 53.4 Å². The quantitative estimate of drug-likeness (QED) is 0.560. The van der Waals surface area contributed by atoms with Gasteiger partial charge in [0.25, 0.3) is 0 Å². The number of hydrogen-bond donors (Lipinski definition) is 0. The van der Waals surface area contributed by atoms with Crippen molar-refractivity contribution in [3.63, 3.8) is 0 Å². The fourth-order valence-electron chi connectivity index (χ4n) is 2.66. The van der Waals surface area contributed by atoms with Crippen LogP contribution in [0.3, 0.4) is 0 Å². The zero-order valence-electron chi connectivity index (χ0n) is 11.4. The van der Waals surface area contributed by atoms with Crippen molar-refractivity contribution in [1.82, 2.24) is 0 Å². The molecule has 1 fully saturated rings. The Balaban J connectivity index is 2.57. The summed E-state index contributed by atoms with van der Waals surface area (Å²) in [4.78, 5) is 22.4. The van der Waals surface area contributed by atoms with E-state index in [4.69, 9.17) is 4.74 Å². The predicted molar refractivity (Wildman–Crippen MR) is 66.5 cm³/mol. The Morgan fingerprint density at radius 1 is 1.29 bits per heavy atom. The number of rotatable bonds is 4. The molecule has 1 aliphatic rings. The highest BCUT2D eigenvalue weighted by Crippen LogP contribution is 2.35. The summed E-state index contributed by atoms with van der Waals surface area (Å²) in [6.07, 6.45) is 3.19. The summed E-state index contributed by atoms with van der Waals surface area (Å²) in [5.41, 5.74) is 0. The maximum absolute atomic E-state index is 11.6. The lowest BCUT2D eigenvalue weighted by Gasteiger charge is -2.36. The van der Waals surface area contributed by atoms with E-state index in [0.717, 1.165) is 12.8 Å². The van der Waals surface area contributed by atoms with Crippen LogP contribution in [0, 0.1) is 17.8 Å². The summed E-state index contributed by atoms with van der Waals surface area (Å²) in [7, 11) is 0. The smallest absolute Gasteiger partial charge is 0.313 e. The largest absolute Gasteiger partial charge is 0.462 e. The number of esters is 1. The van der Waals surface area contributed by atoms with Gasteiger partial charge in [-0.1, -0.05) is 27.2 Å². The molecule has 0 bridgehead atoms. The predicted octanol–water partition coefficient (Wildman–Crippen LogP) is 2.97. The number of hydrogen-bond acceptors (Lipinski definition) is 3. The molecule has 0 aromatic carbocycles. The van der Waals surface area contributed by atoms with Gasteiger partial charge >= 0.3 is 5.97 Å². The Kier molecular flexibility index (Phi) is 5.16. The standard InChI is InChI=1S/C14H24O3/c1-9(2)12-6-5-10(3)7-13(12)17-14(16)8-11(4)15/h9-10,12-13H,5-8H2,1-4H3/t10-,12-,13+/m1/s1. The van der Waals surface area contributed by atoms with Crippen LogP contribution in [-0.4, -0.2) is 17.9 Å². The van der Waals surface area contributed by atoms with Crippen LogP contribution in [0.25, 0.3) is 0 Å². The van der Waals surface area contributed by atoms with Gasteiger partial charge < -0.3 is 4.74 Å². The molecule has 0 heterocycles. The average molecular weight is 240 g/mol. The number of ketones is 1. The van der Waals surface area contributed by atoms with Crippen molar-refractivity contribution in [3.8, 4) is 0 Å². The third-order valence-electron chi connectivity index (χ3n) is 3.64. The molecule has 3 heteroatoms. The molecule has 1 aliphatic carbocycles. The molecule has 0 N–H and O–H groups in total. The summed E-state index contributed by atoms with van der Waals surface area (Å²) in [6.45, 7) is 7.96. The lowest BCUT2D eigenvalue weighted by atomic mass is 9.75. The first kappa shape index (κ1) is 14.2. The summed E-state index contributed by atoms with van der Waals surface area (Å²) in [5, 5.41) is 0. The molecule has 17 heavy (non-hydrogen) atoms. The van der Waals surface area contributed by atoms with Crippen molar-refractivity contribution in [2.45, 2.75) is 59.5 Å². The van der Waals surface area contributed by atoms with E-state index in [1.165, 1.54) is 13.3 Å². The Bertz CT molecular complexity index is 283. The first-order chi connectivity index (χ1) is 7.90. The van der Waals surface area contributed by atoms with Gasteiger partial charge in [0.2, 0.25) is 0 Å². The van der Waals surface area contributed by atoms with Crippen molar-refractivity contribution >= 4 is 11.8 Å². The summed E-state index contributed by atoms with van der Waals surface area (Å²) >= 11 is 0. The van der Waals surface area contributed by atoms with Gasteiger partial charge in [0, 0.05) is 0 Å². The van der Waals surface area contributed by atoms with Crippen LogP contribution in [0.2, 0.25) is 0 Å². The third kappa shape index (κ3) is 4.49. The fraction of sp³-hybridized carbons (Fsp3) is 0.857. The number of Topliss-reactive ketones (excluding diaryl/α,β-unsaturated/α-hetero) is 1. The minimum atomic E-state index is -0.359. The van der Waals surface area contributed by atoms with E-state index in [9.17, 15) is 9.59 Å². The van der Waals surface area contributed by atoms with E-state index >= 15 is 0 Å². The maximum Gasteiger partial charge on any atom is 0.313 e. The second-order valence-corrected chi connectivity index (χ2v) is 5.73. The molecule has 0 spiro atoms. The first-order valence-corrected chi connectivity index (χ1v) is 6.59. The van der Waals surface area contributed by atoms with Crippen molar-refractivity contribution in [3.05, 3.63) is 0 Å². The lowest BCUT2D eigenvalue weighted by Crippen LogP contribution is -2.36. The van der Waals surface area contributed by atoms with Crippen LogP contribution in [0.4, 0.5) is 0 Å². The molecule has 98 valence electrons. The van der Waals surface area contributed by atoms with Gasteiger partial charge in [-0.3, -0.25) is 9.59 Å². The van der Waals surface area contributed by atoms with E-state index in [0.29, 0.717) is 17.8 Å². The Morgan fingerprint density at radius 3 is 2.47 bits per heavy atom. The van der Waals surface area contributed by atoms with E-state index in [2.05, 4.69) is 20.8 Å². The molecule has 0 aliphatic heterocycles. The van der Waals surface area contributed by atoms with Gasteiger partial charge in [-0.2, -0.15) is 0 Å². The highest BCUT2D eigenvalue weighted by atomic mass is 16.5. The first-order valence-electron chi connectivity index (χ1n) is 6.59. The minimum absolute atomic E-state index is 0.00519. The number of ether oxygens (including phenoxy) is 1. The zero-order valence-corrected chi connectivity index (χ0v) is 11.4. The SMILES string of the molecule is CC(=O)CC(=O)O[C@H]1C[C@H](C)CC[C@@H]1C(C)C. The molecule has 1 saturated carbocycles. The van der Waals surface area contributed by atoms with Crippen LogP contribution in [0.5, 0.6) is 0 Å². The van der Waals surface area contributed by atoms with E-state index in [-0.39, 0.29) is 24.3 Å². The normalized spacial score (nSPS) is 29.1. The summed E-state index contributed by atoms with van der Waals surface area (Å²) in [6, 6.07) is 0. The van der Waals surface area contributed by atoms with Gasteiger partial charge in [0.05, 0.1) is 0 Å². The third-order valence-corrected chi connectivity index (χ3v) is 3.64. The van der Waals surface area contributed by atoms with Crippen LogP contribution in [-0.2, 0) is 14.3 Å². The van der Waals surface area contributed by atoms with E-state index in [1.54, 1.807) is 0 Å². The molecule has 3 nitrogen and oxygen atoms in total. The van der Waals surface area contributed by atoms with Gasteiger partial charge in [0.15, 0.2) is 0 Å². The highest BCUT2D eigenvalue weighted by Gasteiger charge is 2.33. The molecule has 1 rings (SSSR count). The molecule has 0 amide bonds. The molecule has 0 unspecified atom stereocenters. The molecule has 0 aromatic rings. The van der Waals surface area contributed by atoms with Gasteiger partial charge in [-0.15, -0.1) is 0 Å². The maximum atomic E-state index is 11.6. The Morgan fingerprint density at radius 2 is 1.94 bits per heavy atom. The molecular weight excluding hydrogens is 216 g/mol. The summed E-state index contributed by atoms with van der Waals surface area (Å²) < 4.78 is 5.49. The minimum Gasteiger partial charge on any atom is -0.462 e. The average Bonchev–Trinajstić information content (AvgIpc) is 2.15. The fourth-order valence-corrected chi connectivity index (χ4v) is 2.66. The molecule has 0 aromatic heterocycles. The van der Waals surface area contributed by atoms with Crippen molar-refractivity contribution < 1.29 is 14.3 Å². The van der Waals surface area contributed by atoms with E-state index < -0.39 is 0 Å². The van der Waals surface area contributed by atoms with Crippen molar-refractivity contribution in [2.24, 2.45) is 17.8 Å². The lowest BCUT2D eigenvalue weighted by molar-refractivity contribution is -0.157. The highest BCUT2D eigenvalue weighted by molar-refractivity contribution is 5.94. The van der Waals surface area contributed by atoms with Gasteiger partial charge in [-0.05, 0) is 37.5 Å².